The fraction of sp³-hybridized carbons (Fsp3) is 0.231. The number of carbonyl (C=O) groups is 2. The number of hydrogen-bond acceptors (Lipinski definition) is 3. The van der Waals surface area contributed by atoms with Gasteiger partial charge in [0.2, 0.25) is 0 Å². The van der Waals surface area contributed by atoms with Crippen molar-refractivity contribution in [3.63, 3.8) is 0 Å². The van der Waals surface area contributed by atoms with E-state index >= 15 is 0 Å². The van der Waals surface area contributed by atoms with Gasteiger partial charge in [0.25, 0.3) is 5.91 Å². The van der Waals surface area contributed by atoms with Gasteiger partial charge in [0.15, 0.2) is 5.78 Å². The van der Waals surface area contributed by atoms with Crippen molar-refractivity contribution in [1.82, 2.24) is 10.2 Å². The third-order valence-corrected chi connectivity index (χ3v) is 5.69. The van der Waals surface area contributed by atoms with Crippen LogP contribution in [0.4, 0.5) is 4.39 Å². The van der Waals surface area contributed by atoms with Crippen LogP contribution in [0.3, 0.4) is 0 Å². The summed E-state index contributed by atoms with van der Waals surface area (Å²) in [5.74, 6) is -0.933. The van der Waals surface area contributed by atoms with Gasteiger partial charge in [-0.15, -0.1) is 0 Å². The highest BCUT2D eigenvalue weighted by molar-refractivity contribution is 6.15. The number of likely N-dealkylation sites (tertiary alicyclic amines) is 1. The van der Waals surface area contributed by atoms with Gasteiger partial charge in [-0.1, -0.05) is 48.5 Å². The number of rotatable bonds is 6. The summed E-state index contributed by atoms with van der Waals surface area (Å²) in [6.07, 6.45) is 1.74. The van der Waals surface area contributed by atoms with Crippen molar-refractivity contribution >= 4 is 11.7 Å². The van der Waals surface area contributed by atoms with Gasteiger partial charge in [-0.05, 0) is 48.7 Å². The molecule has 1 amide bonds. The number of halogens is 1. The molecule has 4 rings (SSSR count). The van der Waals surface area contributed by atoms with Gasteiger partial charge in [-0.25, -0.2) is 4.39 Å². The van der Waals surface area contributed by atoms with E-state index in [0.717, 1.165) is 32.5 Å². The lowest BCUT2D eigenvalue weighted by Crippen LogP contribution is -2.44. The summed E-state index contributed by atoms with van der Waals surface area (Å²) in [5, 5.41) is 3.10. The summed E-state index contributed by atoms with van der Waals surface area (Å²) in [7, 11) is 0. The maximum atomic E-state index is 13.2. The summed E-state index contributed by atoms with van der Waals surface area (Å²) in [6, 6.07) is 22.6. The van der Waals surface area contributed by atoms with Crippen molar-refractivity contribution in [3.05, 3.63) is 107 Å². The zero-order valence-corrected chi connectivity index (χ0v) is 17.3. The maximum absolute atomic E-state index is 13.2. The fourth-order valence-corrected chi connectivity index (χ4v) is 3.98. The lowest BCUT2D eigenvalue weighted by molar-refractivity contribution is 0.0901. The van der Waals surface area contributed by atoms with E-state index in [0.29, 0.717) is 16.7 Å². The molecule has 3 aromatic carbocycles. The molecular formula is C26H25FN2O2. The van der Waals surface area contributed by atoms with E-state index in [4.69, 9.17) is 0 Å². The molecule has 3 aromatic rings. The molecule has 158 valence electrons. The predicted octanol–water partition coefficient (Wildman–Crippen LogP) is 4.45. The lowest BCUT2D eigenvalue weighted by atomic mass is 9.97. The minimum absolute atomic E-state index is 0.0773. The minimum Gasteiger partial charge on any atom is -0.349 e. The van der Waals surface area contributed by atoms with Crippen LogP contribution in [-0.4, -0.2) is 35.7 Å². The van der Waals surface area contributed by atoms with Gasteiger partial charge in [0.1, 0.15) is 5.82 Å². The minimum atomic E-state index is -0.402. The summed E-state index contributed by atoms with van der Waals surface area (Å²) >= 11 is 0. The van der Waals surface area contributed by atoms with Gasteiger partial charge in [0, 0.05) is 36.8 Å². The van der Waals surface area contributed by atoms with Crippen molar-refractivity contribution in [3.8, 4) is 0 Å². The molecule has 1 heterocycles. The van der Waals surface area contributed by atoms with E-state index < -0.39 is 5.82 Å². The predicted molar refractivity (Wildman–Crippen MR) is 118 cm³/mol. The highest BCUT2D eigenvalue weighted by Crippen LogP contribution is 2.18. The highest BCUT2D eigenvalue weighted by atomic mass is 19.1. The van der Waals surface area contributed by atoms with Crippen molar-refractivity contribution in [1.29, 1.82) is 0 Å². The van der Waals surface area contributed by atoms with Gasteiger partial charge in [-0.2, -0.15) is 0 Å². The van der Waals surface area contributed by atoms with Gasteiger partial charge in [-0.3, -0.25) is 14.5 Å². The Morgan fingerprint density at radius 3 is 2.13 bits per heavy atom. The SMILES string of the molecule is O=C(NC1CCN(Cc2ccccc2)CC1)c1ccccc1C(=O)c1ccc(F)cc1. The molecule has 0 unspecified atom stereocenters. The normalized spacial score (nSPS) is 14.9. The molecule has 1 aliphatic heterocycles. The zero-order chi connectivity index (χ0) is 21.6. The number of benzene rings is 3. The van der Waals surface area contributed by atoms with Crippen LogP contribution in [0.5, 0.6) is 0 Å². The summed E-state index contributed by atoms with van der Waals surface area (Å²) in [5.41, 5.74) is 2.32. The standard InChI is InChI=1S/C26H25FN2O2/c27-21-12-10-20(11-13-21)25(30)23-8-4-5-9-24(23)26(31)28-22-14-16-29(17-15-22)18-19-6-2-1-3-7-19/h1-13,22H,14-18H2,(H,28,31). The molecule has 0 saturated carbocycles. The molecule has 0 spiro atoms. The number of hydrogen-bond donors (Lipinski definition) is 1. The van der Waals surface area contributed by atoms with E-state index in [1.165, 1.54) is 29.8 Å². The molecule has 1 N–H and O–H groups in total. The molecule has 1 aliphatic rings. The lowest BCUT2D eigenvalue weighted by Gasteiger charge is -2.32. The molecule has 0 radical (unpaired) electrons. The maximum Gasteiger partial charge on any atom is 0.252 e. The largest absolute Gasteiger partial charge is 0.349 e. The first kappa shape index (κ1) is 20.9. The quantitative estimate of drug-likeness (QED) is 0.604. The van der Waals surface area contributed by atoms with Gasteiger partial charge >= 0.3 is 0 Å². The van der Waals surface area contributed by atoms with Crippen LogP contribution in [0.15, 0.2) is 78.9 Å². The molecule has 5 heteroatoms. The molecule has 0 bridgehead atoms. The molecule has 1 saturated heterocycles. The summed E-state index contributed by atoms with van der Waals surface area (Å²) in [4.78, 5) is 28.2. The van der Waals surface area contributed by atoms with Crippen LogP contribution in [0.25, 0.3) is 0 Å². The molecule has 1 fully saturated rings. The Morgan fingerprint density at radius 1 is 0.839 bits per heavy atom. The Morgan fingerprint density at radius 2 is 1.45 bits per heavy atom. The monoisotopic (exact) mass is 416 g/mol. The fourth-order valence-electron chi connectivity index (χ4n) is 3.98. The van der Waals surface area contributed by atoms with E-state index in [2.05, 4.69) is 22.3 Å². The van der Waals surface area contributed by atoms with Gasteiger partial charge < -0.3 is 5.32 Å². The average molecular weight is 416 g/mol. The first-order valence-corrected chi connectivity index (χ1v) is 10.6. The second-order valence-electron chi connectivity index (χ2n) is 7.89. The second-order valence-corrected chi connectivity index (χ2v) is 7.89. The van der Waals surface area contributed by atoms with Crippen molar-refractivity contribution < 1.29 is 14.0 Å². The molecule has 0 atom stereocenters. The third kappa shape index (κ3) is 5.25. The van der Waals surface area contributed by atoms with Crippen LogP contribution < -0.4 is 5.32 Å². The zero-order valence-electron chi connectivity index (χ0n) is 17.3. The van der Waals surface area contributed by atoms with E-state index in [1.807, 2.05) is 18.2 Å². The van der Waals surface area contributed by atoms with E-state index in [-0.39, 0.29) is 17.7 Å². The Kier molecular flexibility index (Phi) is 6.53. The van der Waals surface area contributed by atoms with Crippen molar-refractivity contribution in [2.75, 3.05) is 13.1 Å². The number of amides is 1. The number of ketones is 1. The van der Waals surface area contributed by atoms with E-state index in [1.54, 1.807) is 24.3 Å². The van der Waals surface area contributed by atoms with Crippen molar-refractivity contribution in [2.45, 2.75) is 25.4 Å². The number of piperidine rings is 1. The molecular weight excluding hydrogens is 391 g/mol. The van der Waals surface area contributed by atoms with Crippen LogP contribution in [0.2, 0.25) is 0 Å². The highest BCUT2D eigenvalue weighted by Gasteiger charge is 2.23. The molecule has 0 aromatic heterocycles. The first-order chi connectivity index (χ1) is 15.1. The summed E-state index contributed by atoms with van der Waals surface area (Å²) in [6.45, 7) is 2.74. The average Bonchev–Trinajstić information content (AvgIpc) is 2.81. The van der Waals surface area contributed by atoms with Crippen LogP contribution in [0, 0.1) is 5.82 Å². The second kappa shape index (κ2) is 9.67. The molecule has 0 aliphatic carbocycles. The van der Waals surface area contributed by atoms with Gasteiger partial charge in [0.05, 0.1) is 5.56 Å². The van der Waals surface area contributed by atoms with Crippen LogP contribution >= 0.6 is 0 Å². The molecule has 4 nitrogen and oxygen atoms in total. The number of nitrogens with zero attached hydrogens (tertiary/aromatic N) is 1. The number of carbonyl (C=O) groups excluding carboxylic acids is 2. The third-order valence-electron chi connectivity index (χ3n) is 5.69. The smallest absolute Gasteiger partial charge is 0.252 e. The van der Waals surface area contributed by atoms with Crippen LogP contribution in [0.1, 0.15) is 44.7 Å². The first-order valence-electron chi connectivity index (χ1n) is 10.6. The number of nitrogens with one attached hydrogen (secondary N) is 1. The Labute approximate surface area is 181 Å². The Balaban J connectivity index is 1.38. The van der Waals surface area contributed by atoms with Crippen molar-refractivity contribution in [2.24, 2.45) is 0 Å². The van der Waals surface area contributed by atoms with Crippen LogP contribution in [-0.2, 0) is 6.54 Å². The Hall–Kier alpha value is -3.31. The Bertz CT molecular complexity index is 1040. The summed E-state index contributed by atoms with van der Waals surface area (Å²) < 4.78 is 13.2. The van der Waals surface area contributed by atoms with E-state index in [9.17, 15) is 14.0 Å². The molecule has 31 heavy (non-hydrogen) atoms. The topological polar surface area (TPSA) is 49.4 Å².